The van der Waals surface area contributed by atoms with Crippen molar-refractivity contribution in [1.29, 1.82) is 0 Å². The fraction of sp³-hybridized carbons (Fsp3) is 0.0833. The van der Waals surface area contributed by atoms with Gasteiger partial charge in [-0.25, -0.2) is 4.79 Å². The van der Waals surface area contributed by atoms with Crippen molar-refractivity contribution in [1.82, 2.24) is 20.4 Å². The molecule has 0 bridgehead atoms. The molecule has 0 unspecified atom stereocenters. The minimum atomic E-state index is -1.15. The van der Waals surface area contributed by atoms with Crippen molar-refractivity contribution in [3.05, 3.63) is 35.9 Å². The van der Waals surface area contributed by atoms with E-state index in [-0.39, 0.29) is 10.9 Å². The Morgan fingerprint density at radius 1 is 1.20 bits per heavy atom. The molecule has 0 saturated heterocycles. The van der Waals surface area contributed by atoms with Crippen molar-refractivity contribution in [3.8, 4) is 0 Å². The topological polar surface area (TPSA) is 102 Å². The van der Waals surface area contributed by atoms with Gasteiger partial charge in [0.05, 0.1) is 10.4 Å². The number of fused-ring (bicyclic) bond motifs is 1. The minimum Gasteiger partial charge on any atom is -0.476 e. The standard InChI is InChI=1S/C12H8N4O3S/c1-6-13-16-12(19-6)20-10-7-4-2-3-5-8(7)14-15-9(10)11(17)18/h2-5H,1H3,(H,17,18). The Kier molecular flexibility index (Phi) is 3.07. The lowest BCUT2D eigenvalue weighted by Gasteiger charge is -2.05. The summed E-state index contributed by atoms with van der Waals surface area (Å²) in [6.07, 6.45) is 0. The van der Waals surface area contributed by atoms with Crippen molar-refractivity contribution in [2.45, 2.75) is 17.0 Å². The van der Waals surface area contributed by atoms with Crippen LogP contribution in [0.4, 0.5) is 0 Å². The zero-order chi connectivity index (χ0) is 14.1. The molecule has 1 aromatic carbocycles. The molecule has 7 nitrogen and oxygen atoms in total. The molecule has 0 spiro atoms. The SMILES string of the molecule is Cc1nnc(Sc2c(C(=O)O)nnc3ccccc23)o1. The molecule has 2 heterocycles. The Morgan fingerprint density at radius 2 is 2.00 bits per heavy atom. The molecule has 0 atom stereocenters. The summed E-state index contributed by atoms with van der Waals surface area (Å²) in [5.74, 6) is -0.738. The zero-order valence-electron chi connectivity index (χ0n) is 10.3. The number of hydrogen-bond donors (Lipinski definition) is 1. The molecule has 2 aromatic heterocycles. The van der Waals surface area contributed by atoms with Crippen molar-refractivity contribution in [3.63, 3.8) is 0 Å². The number of aromatic nitrogens is 4. The third kappa shape index (κ3) is 2.21. The van der Waals surface area contributed by atoms with Gasteiger partial charge in [0.25, 0.3) is 5.22 Å². The molecule has 0 amide bonds. The van der Waals surface area contributed by atoms with Gasteiger partial charge in [-0.15, -0.1) is 20.4 Å². The summed E-state index contributed by atoms with van der Waals surface area (Å²) < 4.78 is 5.27. The Hall–Kier alpha value is -2.48. The summed E-state index contributed by atoms with van der Waals surface area (Å²) in [5.41, 5.74) is 0.473. The first-order valence-corrected chi connectivity index (χ1v) is 6.43. The van der Waals surface area contributed by atoms with Crippen molar-refractivity contribution in [2.24, 2.45) is 0 Å². The van der Waals surface area contributed by atoms with Gasteiger partial charge in [-0.1, -0.05) is 18.2 Å². The van der Waals surface area contributed by atoms with E-state index in [1.165, 1.54) is 0 Å². The summed E-state index contributed by atoms with van der Waals surface area (Å²) in [5, 5.41) is 25.4. The van der Waals surface area contributed by atoms with E-state index in [2.05, 4.69) is 20.4 Å². The third-order valence-electron chi connectivity index (χ3n) is 2.52. The third-order valence-corrected chi connectivity index (χ3v) is 3.48. The first-order valence-electron chi connectivity index (χ1n) is 5.62. The van der Waals surface area contributed by atoms with Gasteiger partial charge < -0.3 is 9.52 Å². The summed E-state index contributed by atoms with van der Waals surface area (Å²) in [4.78, 5) is 11.7. The van der Waals surface area contributed by atoms with Crippen molar-refractivity contribution >= 4 is 28.6 Å². The highest BCUT2D eigenvalue weighted by Gasteiger charge is 2.19. The number of rotatable bonds is 3. The summed E-state index contributed by atoms with van der Waals surface area (Å²) in [6.45, 7) is 1.66. The summed E-state index contributed by atoms with van der Waals surface area (Å²) >= 11 is 1.07. The second kappa shape index (κ2) is 4.89. The van der Waals surface area contributed by atoms with E-state index in [1.54, 1.807) is 25.1 Å². The largest absolute Gasteiger partial charge is 0.476 e. The van der Waals surface area contributed by atoms with Gasteiger partial charge in [0, 0.05) is 12.3 Å². The second-order valence-corrected chi connectivity index (χ2v) is 4.85. The minimum absolute atomic E-state index is 0.135. The van der Waals surface area contributed by atoms with Gasteiger partial charge >= 0.3 is 5.97 Å². The Morgan fingerprint density at radius 3 is 2.70 bits per heavy atom. The molecule has 100 valence electrons. The summed E-state index contributed by atoms with van der Waals surface area (Å²) in [7, 11) is 0. The predicted octanol–water partition coefficient (Wildman–Crippen LogP) is 2.17. The van der Waals surface area contributed by atoms with E-state index < -0.39 is 5.97 Å². The second-order valence-electron chi connectivity index (χ2n) is 3.89. The molecule has 0 aliphatic carbocycles. The lowest BCUT2D eigenvalue weighted by molar-refractivity contribution is 0.0685. The van der Waals surface area contributed by atoms with Crippen LogP contribution in [-0.2, 0) is 0 Å². The van der Waals surface area contributed by atoms with E-state index in [4.69, 9.17) is 4.42 Å². The number of carboxylic acid groups (broad SMARTS) is 1. The number of aryl methyl sites for hydroxylation is 1. The van der Waals surface area contributed by atoms with E-state index in [9.17, 15) is 9.90 Å². The molecule has 3 rings (SSSR count). The van der Waals surface area contributed by atoms with Crippen LogP contribution in [-0.4, -0.2) is 31.5 Å². The quantitative estimate of drug-likeness (QED) is 0.782. The van der Waals surface area contributed by atoms with Gasteiger partial charge in [-0.2, -0.15) is 0 Å². The molecule has 0 fully saturated rings. The van der Waals surface area contributed by atoms with Gasteiger partial charge in [-0.3, -0.25) is 0 Å². The molecule has 20 heavy (non-hydrogen) atoms. The average molecular weight is 288 g/mol. The fourth-order valence-corrected chi connectivity index (χ4v) is 2.61. The van der Waals surface area contributed by atoms with Gasteiger partial charge in [-0.05, 0) is 17.8 Å². The molecule has 0 saturated carbocycles. The van der Waals surface area contributed by atoms with Crippen LogP contribution in [0.2, 0.25) is 0 Å². The van der Waals surface area contributed by atoms with Gasteiger partial charge in [0.2, 0.25) is 5.89 Å². The maximum atomic E-state index is 11.3. The van der Waals surface area contributed by atoms with Gasteiger partial charge in [0.1, 0.15) is 0 Å². The average Bonchev–Trinajstić information content (AvgIpc) is 2.84. The van der Waals surface area contributed by atoms with E-state index in [0.29, 0.717) is 21.7 Å². The normalized spacial score (nSPS) is 10.8. The molecular weight excluding hydrogens is 280 g/mol. The fourth-order valence-electron chi connectivity index (χ4n) is 1.68. The van der Waals surface area contributed by atoms with Crippen LogP contribution < -0.4 is 0 Å². The van der Waals surface area contributed by atoms with E-state index in [1.807, 2.05) is 6.07 Å². The molecule has 1 N–H and O–H groups in total. The highest BCUT2D eigenvalue weighted by Crippen LogP contribution is 2.33. The van der Waals surface area contributed by atoms with Crippen LogP contribution in [0, 0.1) is 6.92 Å². The van der Waals surface area contributed by atoms with Crippen LogP contribution >= 0.6 is 11.8 Å². The predicted molar refractivity (Wildman–Crippen MR) is 69.7 cm³/mol. The first kappa shape index (κ1) is 12.5. The van der Waals surface area contributed by atoms with Crippen molar-refractivity contribution < 1.29 is 14.3 Å². The molecule has 0 radical (unpaired) electrons. The highest BCUT2D eigenvalue weighted by atomic mass is 32.2. The van der Waals surface area contributed by atoms with Crippen LogP contribution in [0.15, 0.2) is 38.8 Å². The first-order chi connectivity index (χ1) is 9.65. The van der Waals surface area contributed by atoms with Crippen LogP contribution in [0.25, 0.3) is 10.9 Å². The van der Waals surface area contributed by atoms with Crippen molar-refractivity contribution in [2.75, 3.05) is 0 Å². The monoisotopic (exact) mass is 288 g/mol. The molecule has 0 aliphatic heterocycles. The molecular formula is C12H8N4O3S. The summed E-state index contributed by atoms with van der Waals surface area (Å²) in [6, 6.07) is 7.15. The maximum absolute atomic E-state index is 11.3. The Labute approximate surface area is 117 Å². The number of benzene rings is 1. The highest BCUT2D eigenvalue weighted by molar-refractivity contribution is 7.99. The van der Waals surface area contributed by atoms with E-state index >= 15 is 0 Å². The van der Waals surface area contributed by atoms with Crippen LogP contribution in [0.5, 0.6) is 0 Å². The smallest absolute Gasteiger partial charge is 0.357 e. The molecule has 8 heteroatoms. The number of aromatic carboxylic acids is 1. The lowest BCUT2D eigenvalue weighted by atomic mass is 10.2. The Balaban J connectivity index is 2.19. The Bertz CT molecular complexity index is 802. The maximum Gasteiger partial charge on any atom is 0.357 e. The van der Waals surface area contributed by atoms with Crippen LogP contribution in [0.3, 0.4) is 0 Å². The number of hydrogen-bond acceptors (Lipinski definition) is 7. The molecule has 0 aliphatic rings. The number of nitrogens with zero attached hydrogens (tertiary/aromatic N) is 4. The number of carboxylic acids is 1. The van der Waals surface area contributed by atoms with Crippen LogP contribution in [0.1, 0.15) is 16.4 Å². The molecule has 3 aromatic rings. The van der Waals surface area contributed by atoms with Gasteiger partial charge in [0.15, 0.2) is 5.69 Å². The lowest BCUT2D eigenvalue weighted by Crippen LogP contribution is -2.05. The number of carbonyl (C=O) groups is 1. The van der Waals surface area contributed by atoms with E-state index in [0.717, 1.165) is 11.8 Å². The zero-order valence-corrected chi connectivity index (χ0v) is 11.1.